The summed E-state index contributed by atoms with van der Waals surface area (Å²) in [4.78, 5) is 16.9. The van der Waals surface area contributed by atoms with Gasteiger partial charge < -0.3 is 4.90 Å². The van der Waals surface area contributed by atoms with Crippen molar-refractivity contribution in [2.45, 2.75) is 38.6 Å². The third kappa shape index (κ3) is 4.16. The summed E-state index contributed by atoms with van der Waals surface area (Å²) in [5.41, 5.74) is 0.612. The smallest absolute Gasteiger partial charge is 0.225 e. The second-order valence-electron chi connectivity index (χ2n) is 7.42. The van der Waals surface area contributed by atoms with Gasteiger partial charge >= 0.3 is 0 Å². The Bertz CT molecular complexity index is 780. The number of tetrazole rings is 1. The molecule has 1 aromatic heterocycles. The van der Waals surface area contributed by atoms with Crippen LogP contribution < -0.4 is 0 Å². The molecular weight excluding hydrogens is 347 g/mol. The molecule has 0 spiro atoms. The normalized spacial score (nSPS) is 19.4. The molecule has 0 N–H and O–H groups in total. The van der Waals surface area contributed by atoms with Gasteiger partial charge in [0.2, 0.25) is 5.91 Å². The summed E-state index contributed by atoms with van der Waals surface area (Å²) in [6.45, 7) is 3.67. The van der Waals surface area contributed by atoms with E-state index in [4.69, 9.17) is 0 Å². The number of benzene rings is 1. The van der Waals surface area contributed by atoms with Crippen LogP contribution in [0.1, 0.15) is 37.9 Å². The number of carbonyl (C=O) groups is 1. The molecule has 8 heteroatoms. The number of rotatable bonds is 4. The van der Waals surface area contributed by atoms with Gasteiger partial charge in [-0.25, -0.2) is 4.39 Å². The standard InChI is InChI=1S/C19H25FN6O/c20-16-7-4-8-17(13-16)26-18(21-22-23-26)14-24-9-11-25(12-10-24)19(27)15-5-2-1-3-6-15/h4,7-8,13,15H,1-3,5-6,9-12,14H2. The van der Waals surface area contributed by atoms with Crippen LogP contribution in [0.25, 0.3) is 5.69 Å². The molecule has 2 heterocycles. The van der Waals surface area contributed by atoms with E-state index in [0.717, 1.165) is 39.0 Å². The summed E-state index contributed by atoms with van der Waals surface area (Å²) in [5, 5.41) is 11.8. The summed E-state index contributed by atoms with van der Waals surface area (Å²) < 4.78 is 15.1. The van der Waals surface area contributed by atoms with E-state index in [0.29, 0.717) is 24.0 Å². The summed E-state index contributed by atoms with van der Waals surface area (Å²) in [7, 11) is 0. The zero-order valence-electron chi connectivity index (χ0n) is 15.4. The predicted octanol–water partition coefficient (Wildman–Crippen LogP) is 2.03. The van der Waals surface area contributed by atoms with Crippen LogP contribution in [0.4, 0.5) is 4.39 Å². The molecule has 0 bridgehead atoms. The van der Waals surface area contributed by atoms with Gasteiger partial charge in [-0.2, -0.15) is 4.68 Å². The monoisotopic (exact) mass is 372 g/mol. The van der Waals surface area contributed by atoms with E-state index in [1.54, 1.807) is 16.8 Å². The molecule has 144 valence electrons. The van der Waals surface area contributed by atoms with Crippen LogP contribution in [0.5, 0.6) is 0 Å². The zero-order valence-corrected chi connectivity index (χ0v) is 15.4. The zero-order chi connectivity index (χ0) is 18.6. The van der Waals surface area contributed by atoms with Crippen LogP contribution in [0.3, 0.4) is 0 Å². The second-order valence-corrected chi connectivity index (χ2v) is 7.42. The number of aromatic nitrogens is 4. The third-order valence-electron chi connectivity index (χ3n) is 5.59. The summed E-state index contributed by atoms with van der Waals surface area (Å²) in [6, 6.07) is 6.24. The van der Waals surface area contributed by atoms with E-state index in [9.17, 15) is 9.18 Å². The van der Waals surface area contributed by atoms with Crippen molar-refractivity contribution in [3.05, 3.63) is 35.9 Å². The van der Waals surface area contributed by atoms with Crippen LogP contribution in [-0.2, 0) is 11.3 Å². The molecule has 1 aliphatic carbocycles. The molecule has 1 saturated heterocycles. The summed E-state index contributed by atoms with van der Waals surface area (Å²) in [6.07, 6.45) is 5.71. The van der Waals surface area contributed by atoms with Gasteiger partial charge in [-0.3, -0.25) is 9.69 Å². The van der Waals surface area contributed by atoms with E-state index in [-0.39, 0.29) is 11.7 Å². The van der Waals surface area contributed by atoms with E-state index < -0.39 is 0 Å². The highest BCUT2D eigenvalue weighted by molar-refractivity contribution is 5.79. The first-order valence-corrected chi connectivity index (χ1v) is 9.75. The summed E-state index contributed by atoms with van der Waals surface area (Å²) in [5.74, 6) is 0.918. The lowest BCUT2D eigenvalue weighted by Crippen LogP contribution is -2.50. The van der Waals surface area contributed by atoms with Crippen LogP contribution in [0.2, 0.25) is 0 Å². The largest absolute Gasteiger partial charge is 0.340 e. The Hall–Kier alpha value is -2.35. The van der Waals surface area contributed by atoms with Crippen LogP contribution in [-0.4, -0.2) is 62.1 Å². The molecule has 4 rings (SSSR count). The molecule has 0 radical (unpaired) electrons. The van der Waals surface area contributed by atoms with Crippen molar-refractivity contribution in [2.24, 2.45) is 5.92 Å². The Kier molecular flexibility index (Phi) is 5.42. The fraction of sp³-hybridized carbons (Fsp3) is 0.579. The number of piperazine rings is 1. The van der Waals surface area contributed by atoms with Gasteiger partial charge in [-0.1, -0.05) is 25.3 Å². The van der Waals surface area contributed by atoms with Crippen molar-refractivity contribution < 1.29 is 9.18 Å². The lowest BCUT2D eigenvalue weighted by atomic mass is 9.88. The van der Waals surface area contributed by atoms with Crippen molar-refractivity contribution >= 4 is 5.91 Å². The second kappa shape index (κ2) is 8.12. The Labute approximate surface area is 158 Å². The number of nitrogens with zero attached hydrogens (tertiary/aromatic N) is 6. The van der Waals surface area contributed by atoms with Gasteiger partial charge in [-0.15, -0.1) is 5.10 Å². The van der Waals surface area contributed by atoms with Crippen molar-refractivity contribution in [2.75, 3.05) is 26.2 Å². The predicted molar refractivity (Wildman–Crippen MR) is 97.5 cm³/mol. The minimum atomic E-state index is -0.316. The highest BCUT2D eigenvalue weighted by atomic mass is 19.1. The Balaban J connectivity index is 1.35. The minimum absolute atomic E-state index is 0.227. The highest BCUT2D eigenvalue weighted by Gasteiger charge is 2.28. The van der Waals surface area contributed by atoms with E-state index >= 15 is 0 Å². The number of hydrogen-bond donors (Lipinski definition) is 0. The molecule has 1 saturated carbocycles. The first-order valence-electron chi connectivity index (χ1n) is 9.75. The molecule has 27 heavy (non-hydrogen) atoms. The van der Waals surface area contributed by atoms with E-state index in [2.05, 4.69) is 20.4 Å². The number of halogens is 1. The topological polar surface area (TPSA) is 67.2 Å². The molecular formula is C19H25FN6O. The SMILES string of the molecule is O=C(C1CCCCC1)N1CCN(Cc2nnnn2-c2cccc(F)c2)CC1. The van der Waals surface area contributed by atoms with Crippen LogP contribution in [0, 0.1) is 11.7 Å². The van der Waals surface area contributed by atoms with Crippen molar-refractivity contribution in [1.29, 1.82) is 0 Å². The third-order valence-corrected chi connectivity index (χ3v) is 5.59. The van der Waals surface area contributed by atoms with Gasteiger partial charge in [0.25, 0.3) is 0 Å². The Morgan fingerprint density at radius 1 is 1.11 bits per heavy atom. The van der Waals surface area contributed by atoms with Gasteiger partial charge in [0.15, 0.2) is 5.82 Å². The summed E-state index contributed by atoms with van der Waals surface area (Å²) >= 11 is 0. The quantitative estimate of drug-likeness (QED) is 0.822. The van der Waals surface area contributed by atoms with Crippen molar-refractivity contribution in [3.8, 4) is 5.69 Å². The molecule has 1 aromatic carbocycles. The number of amides is 1. The maximum Gasteiger partial charge on any atom is 0.225 e. The molecule has 1 aliphatic heterocycles. The van der Waals surface area contributed by atoms with Crippen molar-refractivity contribution in [1.82, 2.24) is 30.0 Å². The minimum Gasteiger partial charge on any atom is -0.340 e. The highest BCUT2D eigenvalue weighted by Crippen LogP contribution is 2.26. The maximum atomic E-state index is 13.5. The molecule has 0 atom stereocenters. The van der Waals surface area contributed by atoms with Gasteiger partial charge in [0, 0.05) is 32.1 Å². The van der Waals surface area contributed by atoms with Gasteiger partial charge in [0.05, 0.1) is 12.2 Å². The average Bonchev–Trinajstić information content (AvgIpc) is 3.17. The number of hydrogen-bond acceptors (Lipinski definition) is 5. The van der Waals surface area contributed by atoms with Crippen molar-refractivity contribution in [3.63, 3.8) is 0 Å². The maximum absolute atomic E-state index is 13.5. The molecule has 1 amide bonds. The van der Waals surface area contributed by atoms with E-state index in [1.807, 2.05) is 4.90 Å². The fourth-order valence-electron chi connectivity index (χ4n) is 4.05. The molecule has 2 aliphatic rings. The fourth-order valence-corrected chi connectivity index (χ4v) is 4.05. The lowest BCUT2D eigenvalue weighted by Gasteiger charge is -2.36. The molecule has 7 nitrogen and oxygen atoms in total. The van der Waals surface area contributed by atoms with Gasteiger partial charge in [-0.05, 0) is 41.5 Å². The van der Waals surface area contributed by atoms with Gasteiger partial charge in [0.1, 0.15) is 5.82 Å². The molecule has 0 unspecified atom stereocenters. The Morgan fingerprint density at radius 2 is 1.89 bits per heavy atom. The first-order chi connectivity index (χ1) is 13.2. The lowest BCUT2D eigenvalue weighted by molar-refractivity contribution is -0.138. The number of carbonyl (C=O) groups excluding carboxylic acids is 1. The van der Waals surface area contributed by atoms with Crippen LogP contribution >= 0.6 is 0 Å². The molecule has 2 fully saturated rings. The average molecular weight is 372 g/mol. The van der Waals surface area contributed by atoms with E-state index in [1.165, 1.54) is 31.4 Å². The first kappa shape index (κ1) is 18.0. The van der Waals surface area contributed by atoms with Crippen LogP contribution in [0.15, 0.2) is 24.3 Å². The molecule has 2 aromatic rings. The Morgan fingerprint density at radius 3 is 2.63 bits per heavy atom.